The number of allylic oxidation sites excluding steroid dienone is 4. The molecule has 1 atom stereocenters. The Hall–Kier alpha value is -1.03. The Morgan fingerprint density at radius 3 is 2.29 bits per heavy atom. The number of hydrogen-bond donors (Lipinski definition) is 1. The maximum absolute atomic E-state index is 13.1. The molecule has 0 spiro atoms. The average Bonchev–Trinajstić information content (AvgIpc) is 2.03. The van der Waals surface area contributed by atoms with Crippen LogP contribution in [-0.4, -0.2) is 17.1 Å². The van der Waals surface area contributed by atoms with E-state index in [2.05, 4.69) is 6.58 Å². The van der Waals surface area contributed by atoms with E-state index in [0.29, 0.717) is 0 Å². The highest BCUT2D eigenvalue weighted by atomic mass is 19.3. The van der Waals surface area contributed by atoms with Crippen molar-refractivity contribution < 1.29 is 18.3 Å². The van der Waals surface area contributed by atoms with E-state index in [0.717, 1.165) is 13.0 Å². The second-order valence-corrected chi connectivity index (χ2v) is 2.81. The largest absolute Gasteiger partial charge is 0.387 e. The molecule has 1 N–H and O–H groups in total. The van der Waals surface area contributed by atoms with Crippen molar-refractivity contribution in [2.45, 2.75) is 25.9 Å². The average molecular weight is 206 g/mol. The van der Waals surface area contributed by atoms with Crippen LogP contribution in [-0.2, 0) is 0 Å². The Bertz CT molecular complexity index is 265. The smallest absolute Gasteiger partial charge is 0.301 e. The third kappa shape index (κ3) is 3.03. The molecule has 0 saturated carbocycles. The van der Waals surface area contributed by atoms with E-state index in [9.17, 15) is 13.2 Å². The molecule has 14 heavy (non-hydrogen) atoms. The number of aliphatic hydroxyl groups is 1. The maximum atomic E-state index is 13.1. The standard InChI is InChI=1S/C10H13F3O/c1-4-5-6-9(7(2)11)10(12,13)8(3)14/h4-6,8,14H,2H2,1,3H3/b5-4-,9-6+. The molecule has 0 aliphatic rings. The monoisotopic (exact) mass is 206 g/mol. The summed E-state index contributed by atoms with van der Waals surface area (Å²) >= 11 is 0. The van der Waals surface area contributed by atoms with Crippen molar-refractivity contribution in [3.8, 4) is 0 Å². The second-order valence-electron chi connectivity index (χ2n) is 2.81. The van der Waals surface area contributed by atoms with Crippen LogP contribution in [0.3, 0.4) is 0 Å². The Kier molecular flexibility index (Phi) is 4.63. The lowest BCUT2D eigenvalue weighted by Crippen LogP contribution is -2.33. The highest BCUT2D eigenvalue weighted by Crippen LogP contribution is 2.32. The van der Waals surface area contributed by atoms with Crippen LogP contribution in [0.15, 0.2) is 36.2 Å². The van der Waals surface area contributed by atoms with Gasteiger partial charge in [-0.3, -0.25) is 0 Å². The fourth-order valence-electron chi connectivity index (χ4n) is 0.800. The molecule has 80 valence electrons. The minimum absolute atomic E-state index is 0.895. The molecule has 0 aromatic heterocycles. The molecule has 0 amide bonds. The Balaban J connectivity index is 5.11. The topological polar surface area (TPSA) is 20.2 Å². The van der Waals surface area contributed by atoms with Crippen molar-refractivity contribution in [2.24, 2.45) is 0 Å². The van der Waals surface area contributed by atoms with Gasteiger partial charge in [0.15, 0.2) is 0 Å². The van der Waals surface area contributed by atoms with Crippen LogP contribution in [0.2, 0.25) is 0 Å². The third-order valence-electron chi connectivity index (χ3n) is 1.63. The maximum Gasteiger partial charge on any atom is 0.301 e. The molecule has 4 heteroatoms. The van der Waals surface area contributed by atoms with Gasteiger partial charge in [0.05, 0.1) is 5.57 Å². The van der Waals surface area contributed by atoms with Crippen LogP contribution < -0.4 is 0 Å². The zero-order chi connectivity index (χ0) is 11.4. The molecule has 0 aromatic carbocycles. The molecule has 0 aliphatic carbocycles. The summed E-state index contributed by atoms with van der Waals surface area (Å²) in [7, 11) is 0. The first kappa shape index (κ1) is 13.0. The molecule has 0 aliphatic heterocycles. The second kappa shape index (κ2) is 5.00. The number of alkyl halides is 2. The number of aliphatic hydroxyl groups excluding tert-OH is 1. The molecule has 1 unspecified atom stereocenters. The van der Waals surface area contributed by atoms with E-state index >= 15 is 0 Å². The van der Waals surface area contributed by atoms with Crippen molar-refractivity contribution >= 4 is 0 Å². The minimum atomic E-state index is -3.62. The normalized spacial score (nSPS) is 16.0. The molecule has 0 saturated heterocycles. The lowest BCUT2D eigenvalue weighted by Gasteiger charge is -2.21. The Labute approximate surface area is 81.2 Å². The number of rotatable bonds is 4. The van der Waals surface area contributed by atoms with E-state index in [4.69, 9.17) is 5.11 Å². The summed E-state index contributed by atoms with van der Waals surface area (Å²) in [6.07, 6.45) is 1.68. The molecule has 0 fully saturated rings. The van der Waals surface area contributed by atoms with Gasteiger partial charge in [-0.15, -0.1) is 0 Å². The van der Waals surface area contributed by atoms with Crippen molar-refractivity contribution in [2.75, 3.05) is 0 Å². The first-order valence-corrected chi connectivity index (χ1v) is 4.08. The van der Waals surface area contributed by atoms with E-state index in [1.165, 1.54) is 12.2 Å². The molecule has 0 radical (unpaired) electrons. The van der Waals surface area contributed by atoms with Gasteiger partial charge in [0.1, 0.15) is 11.9 Å². The minimum Gasteiger partial charge on any atom is -0.387 e. The highest BCUT2D eigenvalue weighted by molar-refractivity contribution is 5.34. The molecule has 0 aromatic rings. The van der Waals surface area contributed by atoms with Crippen LogP contribution in [0, 0.1) is 0 Å². The van der Waals surface area contributed by atoms with Gasteiger partial charge in [-0.05, 0) is 13.8 Å². The van der Waals surface area contributed by atoms with Gasteiger partial charge in [0, 0.05) is 0 Å². The fourth-order valence-corrected chi connectivity index (χ4v) is 0.800. The SMILES string of the molecule is C=C(F)/C(=C\C=C/C)C(F)(F)C(C)O. The summed E-state index contributed by atoms with van der Waals surface area (Å²) < 4.78 is 38.9. The van der Waals surface area contributed by atoms with Crippen molar-refractivity contribution in [3.05, 3.63) is 36.2 Å². The summed E-state index contributed by atoms with van der Waals surface area (Å²) in [4.78, 5) is 0. The first-order valence-electron chi connectivity index (χ1n) is 4.08. The number of hydrogen-bond acceptors (Lipinski definition) is 1. The molecule has 1 nitrogen and oxygen atoms in total. The van der Waals surface area contributed by atoms with Gasteiger partial charge < -0.3 is 5.11 Å². The Morgan fingerprint density at radius 2 is 2.00 bits per heavy atom. The third-order valence-corrected chi connectivity index (χ3v) is 1.63. The lowest BCUT2D eigenvalue weighted by molar-refractivity contribution is -0.0686. The van der Waals surface area contributed by atoms with Gasteiger partial charge in [-0.25, -0.2) is 4.39 Å². The van der Waals surface area contributed by atoms with Crippen molar-refractivity contribution in [1.82, 2.24) is 0 Å². The van der Waals surface area contributed by atoms with E-state index in [1.54, 1.807) is 6.92 Å². The zero-order valence-electron chi connectivity index (χ0n) is 8.10. The predicted octanol–water partition coefficient (Wildman–Crippen LogP) is 2.99. The fraction of sp³-hybridized carbons (Fsp3) is 0.400. The summed E-state index contributed by atoms with van der Waals surface area (Å²) in [5.41, 5.74) is -0.898. The van der Waals surface area contributed by atoms with Gasteiger partial charge in [-0.2, -0.15) is 8.78 Å². The zero-order valence-corrected chi connectivity index (χ0v) is 8.10. The summed E-state index contributed by atoms with van der Waals surface area (Å²) in [5.74, 6) is -4.86. The quantitative estimate of drug-likeness (QED) is 0.701. The first-order chi connectivity index (χ1) is 6.34. The number of halogens is 3. The van der Waals surface area contributed by atoms with E-state index in [1.807, 2.05) is 0 Å². The van der Waals surface area contributed by atoms with Gasteiger partial charge in [0.25, 0.3) is 0 Å². The lowest BCUT2D eigenvalue weighted by atomic mass is 10.0. The van der Waals surface area contributed by atoms with Crippen LogP contribution >= 0.6 is 0 Å². The molecule has 0 rings (SSSR count). The molecule has 0 heterocycles. The van der Waals surface area contributed by atoms with Crippen molar-refractivity contribution in [3.63, 3.8) is 0 Å². The van der Waals surface area contributed by atoms with Gasteiger partial charge in [0.2, 0.25) is 0 Å². The van der Waals surface area contributed by atoms with Crippen molar-refractivity contribution in [1.29, 1.82) is 0 Å². The van der Waals surface area contributed by atoms with E-state index in [-0.39, 0.29) is 0 Å². The molecular weight excluding hydrogens is 193 g/mol. The summed E-state index contributed by atoms with van der Waals surface area (Å²) in [6, 6.07) is 0. The van der Waals surface area contributed by atoms with Crippen LogP contribution in [0.1, 0.15) is 13.8 Å². The summed E-state index contributed by atoms with van der Waals surface area (Å²) in [5, 5.41) is 8.78. The molecular formula is C10H13F3O. The van der Waals surface area contributed by atoms with Crippen LogP contribution in [0.25, 0.3) is 0 Å². The van der Waals surface area contributed by atoms with Crippen LogP contribution in [0.4, 0.5) is 13.2 Å². The highest BCUT2D eigenvalue weighted by Gasteiger charge is 2.40. The van der Waals surface area contributed by atoms with Gasteiger partial charge >= 0.3 is 5.92 Å². The van der Waals surface area contributed by atoms with E-state index < -0.39 is 23.4 Å². The Morgan fingerprint density at radius 1 is 1.50 bits per heavy atom. The predicted molar refractivity (Wildman–Crippen MR) is 49.8 cm³/mol. The molecule has 0 bridgehead atoms. The van der Waals surface area contributed by atoms with Crippen LogP contribution in [0.5, 0.6) is 0 Å². The summed E-state index contributed by atoms with van der Waals surface area (Å²) in [6.45, 7) is 5.30. The van der Waals surface area contributed by atoms with Gasteiger partial charge in [-0.1, -0.05) is 24.8 Å².